The minimum atomic E-state index is 0.495. The van der Waals surface area contributed by atoms with Crippen LogP contribution in [0.4, 0.5) is 0 Å². The van der Waals surface area contributed by atoms with Gasteiger partial charge in [-0.15, -0.1) is 0 Å². The summed E-state index contributed by atoms with van der Waals surface area (Å²) in [6.45, 7) is 6.20. The largest absolute Gasteiger partial charge is 0.314 e. The summed E-state index contributed by atoms with van der Waals surface area (Å²) in [7, 11) is 0. The third kappa shape index (κ3) is 4.46. The number of pyridine rings is 1. The molecule has 0 aliphatic carbocycles. The van der Waals surface area contributed by atoms with Crippen molar-refractivity contribution >= 4 is 0 Å². The second kappa shape index (κ2) is 7.80. The Labute approximate surface area is 121 Å². The van der Waals surface area contributed by atoms with Crippen molar-refractivity contribution in [1.29, 1.82) is 0 Å². The first-order chi connectivity index (χ1) is 9.81. The van der Waals surface area contributed by atoms with E-state index in [1.807, 2.05) is 29.3 Å². The van der Waals surface area contributed by atoms with Gasteiger partial charge in [-0.1, -0.05) is 13.0 Å². The molecule has 0 amide bonds. The molecule has 1 N–H and O–H groups in total. The van der Waals surface area contributed by atoms with E-state index >= 15 is 0 Å². The van der Waals surface area contributed by atoms with E-state index in [0.29, 0.717) is 6.04 Å². The second-order valence-electron chi connectivity index (χ2n) is 5.06. The van der Waals surface area contributed by atoms with Crippen LogP contribution in [0.5, 0.6) is 0 Å². The highest BCUT2D eigenvalue weighted by Crippen LogP contribution is 2.09. The highest BCUT2D eigenvalue weighted by Gasteiger charge is 2.10. The average molecular weight is 272 g/mol. The Morgan fingerprint density at radius 2 is 2.15 bits per heavy atom. The molecule has 2 aromatic heterocycles. The minimum Gasteiger partial charge on any atom is -0.314 e. The van der Waals surface area contributed by atoms with Crippen molar-refractivity contribution in [1.82, 2.24) is 20.1 Å². The average Bonchev–Trinajstić information content (AvgIpc) is 2.94. The molecule has 2 aromatic rings. The molecular formula is C16H24N4. The minimum absolute atomic E-state index is 0.495. The fraction of sp³-hybridized carbons (Fsp3) is 0.500. The van der Waals surface area contributed by atoms with Gasteiger partial charge in [-0.05, 0) is 49.9 Å². The molecule has 2 heterocycles. The summed E-state index contributed by atoms with van der Waals surface area (Å²) in [4.78, 5) is 4.17. The van der Waals surface area contributed by atoms with Crippen LogP contribution < -0.4 is 5.32 Å². The zero-order chi connectivity index (χ0) is 14.2. The molecule has 0 saturated carbocycles. The van der Waals surface area contributed by atoms with Crippen LogP contribution in [0.2, 0.25) is 0 Å². The SMILES string of the molecule is CCNC(CCc1cccnc1)Cc1cnn(CC)c1. The van der Waals surface area contributed by atoms with Crippen LogP contribution in [0.3, 0.4) is 0 Å². The lowest BCUT2D eigenvalue weighted by molar-refractivity contribution is 0.490. The number of rotatable bonds is 8. The molecule has 1 unspecified atom stereocenters. The molecule has 0 fully saturated rings. The number of nitrogens with zero attached hydrogens (tertiary/aromatic N) is 3. The van der Waals surface area contributed by atoms with Gasteiger partial charge in [-0.2, -0.15) is 5.10 Å². The van der Waals surface area contributed by atoms with Crippen molar-refractivity contribution in [2.24, 2.45) is 0 Å². The Morgan fingerprint density at radius 1 is 1.25 bits per heavy atom. The molecule has 20 heavy (non-hydrogen) atoms. The fourth-order valence-electron chi connectivity index (χ4n) is 2.42. The van der Waals surface area contributed by atoms with Crippen LogP contribution in [0.15, 0.2) is 36.9 Å². The predicted molar refractivity (Wildman–Crippen MR) is 81.6 cm³/mol. The lowest BCUT2D eigenvalue weighted by Crippen LogP contribution is -2.31. The van der Waals surface area contributed by atoms with Gasteiger partial charge in [0.15, 0.2) is 0 Å². The molecule has 0 bridgehead atoms. The smallest absolute Gasteiger partial charge is 0.0522 e. The van der Waals surface area contributed by atoms with Crippen molar-refractivity contribution < 1.29 is 0 Å². The quantitative estimate of drug-likeness (QED) is 0.802. The Balaban J connectivity index is 1.89. The van der Waals surface area contributed by atoms with Gasteiger partial charge in [0.25, 0.3) is 0 Å². The van der Waals surface area contributed by atoms with Gasteiger partial charge < -0.3 is 5.32 Å². The van der Waals surface area contributed by atoms with Gasteiger partial charge >= 0.3 is 0 Å². The maximum atomic E-state index is 4.35. The first kappa shape index (κ1) is 14.7. The molecule has 0 aliphatic heterocycles. The van der Waals surface area contributed by atoms with Gasteiger partial charge in [0.05, 0.1) is 6.20 Å². The van der Waals surface area contributed by atoms with E-state index in [0.717, 1.165) is 32.4 Å². The van der Waals surface area contributed by atoms with Crippen molar-refractivity contribution in [3.63, 3.8) is 0 Å². The Bertz CT molecular complexity index is 492. The lowest BCUT2D eigenvalue weighted by atomic mass is 10.0. The van der Waals surface area contributed by atoms with Gasteiger partial charge in [0.2, 0.25) is 0 Å². The van der Waals surface area contributed by atoms with E-state index in [4.69, 9.17) is 0 Å². The van der Waals surface area contributed by atoms with Crippen LogP contribution in [0, 0.1) is 0 Å². The van der Waals surface area contributed by atoms with E-state index in [-0.39, 0.29) is 0 Å². The zero-order valence-electron chi connectivity index (χ0n) is 12.4. The standard InChI is InChI=1S/C16H24N4/c1-3-18-16(8-7-14-6-5-9-17-11-14)10-15-12-19-20(4-2)13-15/h5-6,9,11-13,16,18H,3-4,7-8,10H2,1-2H3. The summed E-state index contributed by atoms with van der Waals surface area (Å²) < 4.78 is 1.99. The number of nitrogens with one attached hydrogen (secondary N) is 1. The Hall–Kier alpha value is -1.68. The summed E-state index contributed by atoms with van der Waals surface area (Å²) in [6.07, 6.45) is 11.1. The molecule has 0 aliphatic rings. The monoisotopic (exact) mass is 272 g/mol. The number of aromatic nitrogens is 3. The number of likely N-dealkylation sites (N-methyl/N-ethyl adjacent to an activating group) is 1. The third-order valence-corrected chi connectivity index (χ3v) is 3.49. The first-order valence-corrected chi connectivity index (χ1v) is 7.45. The maximum Gasteiger partial charge on any atom is 0.0522 e. The van der Waals surface area contributed by atoms with Gasteiger partial charge in [-0.3, -0.25) is 9.67 Å². The first-order valence-electron chi connectivity index (χ1n) is 7.45. The fourth-order valence-corrected chi connectivity index (χ4v) is 2.42. The van der Waals surface area contributed by atoms with Crippen molar-refractivity contribution in [3.8, 4) is 0 Å². The Morgan fingerprint density at radius 3 is 2.80 bits per heavy atom. The summed E-state index contributed by atoms with van der Waals surface area (Å²) in [5.41, 5.74) is 2.61. The number of aryl methyl sites for hydroxylation is 2. The van der Waals surface area contributed by atoms with Crippen LogP contribution in [-0.2, 0) is 19.4 Å². The van der Waals surface area contributed by atoms with E-state index in [2.05, 4.69) is 41.5 Å². The highest BCUT2D eigenvalue weighted by atomic mass is 15.3. The molecular weight excluding hydrogens is 248 g/mol. The molecule has 0 aromatic carbocycles. The molecule has 108 valence electrons. The highest BCUT2D eigenvalue weighted by molar-refractivity contribution is 5.10. The normalized spacial score (nSPS) is 12.5. The third-order valence-electron chi connectivity index (χ3n) is 3.49. The van der Waals surface area contributed by atoms with Crippen molar-refractivity contribution in [2.75, 3.05) is 6.54 Å². The molecule has 2 rings (SSSR count). The maximum absolute atomic E-state index is 4.35. The van der Waals surface area contributed by atoms with Crippen LogP contribution in [0.25, 0.3) is 0 Å². The molecule has 4 heteroatoms. The van der Waals surface area contributed by atoms with Crippen molar-refractivity contribution in [3.05, 3.63) is 48.0 Å². The molecule has 0 radical (unpaired) electrons. The molecule has 1 atom stereocenters. The molecule has 0 saturated heterocycles. The van der Waals surface area contributed by atoms with Crippen LogP contribution in [-0.4, -0.2) is 27.4 Å². The van der Waals surface area contributed by atoms with E-state index < -0.39 is 0 Å². The van der Waals surface area contributed by atoms with E-state index in [9.17, 15) is 0 Å². The molecule has 4 nitrogen and oxygen atoms in total. The Kier molecular flexibility index (Phi) is 5.74. The van der Waals surface area contributed by atoms with Gasteiger partial charge in [0.1, 0.15) is 0 Å². The van der Waals surface area contributed by atoms with E-state index in [1.165, 1.54) is 11.1 Å². The summed E-state index contributed by atoms with van der Waals surface area (Å²) in [6, 6.07) is 4.64. The van der Waals surface area contributed by atoms with Crippen molar-refractivity contribution in [2.45, 2.75) is 45.7 Å². The summed E-state index contributed by atoms with van der Waals surface area (Å²) in [5, 5.41) is 7.92. The van der Waals surface area contributed by atoms with Crippen LogP contribution in [0.1, 0.15) is 31.4 Å². The number of hydrogen-bond donors (Lipinski definition) is 1. The van der Waals surface area contributed by atoms with Gasteiger partial charge in [0, 0.05) is 31.2 Å². The predicted octanol–water partition coefficient (Wildman–Crippen LogP) is 2.45. The lowest BCUT2D eigenvalue weighted by Gasteiger charge is -2.17. The second-order valence-corrected chi connectivity index (χ2v) is 5.06. The molecule has 0 spiro atoms. The van der Waals surface area contributed by atoms with Gasteiger partial charge in [-0.25, -0.2) is 0 Å². The topological polar surface area (TPSA) is 42.7 Å². The summed E-state index contributed by atoms with van der Waals surface area (Å²) in [5.74, 6) is 0. The summed E-state index contributed by atoms with van der Waals surface area (Å²) >= 11 is 0. The van der Waals surface area contributed by atoms with Crippen LogP contribution >= 0.6 is 0 Å². The number of hydrogen-bond acceptors (Lipinski definition) is 3. The van der Waals surface area contributed by atoms with E-state index in [1.54, 1.807) is 0 Å². The zero-order valence-corrected chi connectivity index (χ0v) is 12.4.